The third-order valence-corrected chi connectivity index (χ3v) is 5.99. The SMILES string of the molecule is C[C@@H](N[C@H]1CC[C@@H](c2cccc(CC(=O)O)c2)C1)c1cccc2ccccc12. The molecule has 0 spiro atoms. The first-order valence-electron chi connectivity index (χ1n) is 10.1. The van der Waals surface area contributed by atoms with Crippen LogP contribution < -0.4 is 5.32 Å². The van der Waals surface area contributed by atoms with Gasteiger partial charge in [-0.3, -0.25) is 4.79 Å². The molecule has 3 aromatic rings. The van der Waals surface area contributed by atoms with Crippen molar-refractivity contribution in [1.82, 2.24) is 5.32 Å². The van der Waals surface area contributed by atoms with Crippen molar-refractivity contribution >= 4 is 16.7 Å². The number of benzene rings is 3. The van der Waals surface area contributed by atoms with E-state index in [1.165, 1.54) is 21.9 Å². The molecule has 144 valence electrons. The maximum atomic E-state index is 11.0. The van der Waals surface area contributed by atoms with Gasteiger partial charge in [0.25, 0.3) is 0 Å². The van der Waals surface area contributed by atoms with Crippen LogP contribution in [0.2, 0.25) is 0 Å². The molecule has 28 heavy (non-hydrogen) atoms. The van der Waals surface area contributed by atoms with Gasteiger partial charge in [0.1, 0.15) is 0 Å². The monoisotopic (exact) mass is 373 g/mol. The van der Waals surface area contributed by atoms with Gasteiger partial charge in [-0.2, -0.15) is 0 Å². The molecule has 1 aliphatic carbocycles. The molecule has 1 aliphatic rings. The van der Waals surface area contributed by atoms with Crippen LogP contribution in [-0.2, 0) is 11.2 Å². The Hall–Kier alpha value is -2.65. The molecular weight excluding hydrogens is 346 g/mol. The van der Waals surface area contributed by atoms with Gasteiger partial charge in [0, 0.05) is 12.1 Å². The van der Waals surface area contributed by atoms with Crippen molar-refractivity contribution < 1.29 is 9.90 Å². The third kappa shape index (κ3) is 4.10. The van der Waals surface area contributed by atoms with Gasteiger partial charge < -0.3 is 10.4 Å². The van der Waals surface area contributed by atoms with Gasteiger partial charge in [-0.05, 0) is 59.6 Å². The van der Waals surface area contributed by atoms with E-state index in [0.717, 1.165) is 24.8 Å². The minimum atomic E-state index is -0.771. The molecule has 1 fully saturated rings. The summed E-state index contributed by atoms with van der Waals surface area (Å²) in [4.78, 5) is 11.0. The Morgan fingerprint density at radius 3 is 2.71 bits per heavy atom. The van der Waals surface area contributed by atoms with Crippen molar-refractivity contribution in [3.63, 3.8) is 0 Å². The molecule has 0 unspecified atom stereocenters. The number of rotatable bonds is 6. The van der Waals surface area contributed by atoms with Crippen LogP contribution in [0.3, 0.4) is 0 Å². The van der Waals surface area contributed by atoms with E-state index in [2.05, 4.69) is 66.8 Å². The first-order valence-corrected chi connectivity index (χ1v) is 10.1. The minimum absolute atomic E-state index is 0.0976. The van der Waals surface area contributed by atoms with E-state index in [0.29, 0.717) is 18.0 Å². The van der Waals surface area contributed by atoms with Crippen LogP contribution in [0.5, 0.6) is 0 Å². The maximum Gasteiger partial charge on any atom is 0.307 e. The van der Waals surface area contributed by atoms with Crippen molar-refractivity contribution in [2.24, 2.45) is 0 Å². The number of hydrogen-bond acceptors (Lipinski definition) is 2. The van der Waals surface area contributed by atoms with Crippen LogP contribution in [0.15, 0.2) is 66.7 Å². The van der Waals surface area contributed by atoms with E-state index in [9.17, 15) is 4.79 Å². The summed E-state index contributed by atoms with van der Waals surface area (Å²) >= 11 is 0. The maximum absolute atomic E-state index is 11.0. The van der Waals surface area contributed by atoms with E-state index in [-0.39, 0.29) is 6.42 Å². The van der Waals surface area contributed by atoms with Gasteiger partial charge >= 0.3 is 5.97 Å². The molecule has 3 nitrogen and oxygen atoms in total. The summed E-state index contributed by atoms with van der Waals surface area (Å²) < 4.78 is 0. The van der Waals surface area contributed by atoms with Gasteiger partial charge in [-0.1, -0.05) is 66.7 Å². The summed E-state index contributed by atoms with van der Waals surface area (Å²) in [6.07, 6.45) is 3.51. The largest absolute Gasteiger partial charge is 0.481 e. The number of nitrogens with one attached hydrogen (secondary N) is 1. The van der Waals surface area contributed by atoms with Gasteiger partial charge in [0.15, 0.2) is 0 Å². The number of fused-ring (bicyclic) bond motifs is 1. The highest BCUT2D eigenvalue weighted by Gasteiger charge is 2.27. The second kappa shape index (κ2) is 8.15. The normalized spacial score (nSPS) is 20.3. The second-order valence-electron chi connectivity index (χ2n) is 7.98. The van der Waals surface area contributed by atoms with Crippen molar-refractivity contribution in [2.75, 3.05) is 0 Å². The highest BCUT2D eigenvalue weighted by Crippen LogP contribution is 2.36. The molecule has 4 rings (SSSR count). The van der Waals surface area contributed by atoms with Crippen molar-refractivity contribution in [3.8, 4) is 0 Å². The average molecular weight is 373 g/mol. The number of carboxylic acid groups (broad SMARTS) is 1. The van der Waals surface area contributed by atoms with E-state index in [1.54, 1.807) is 0 Å². The molecule has 0 radical (unpaired) electrons. The van der Waals surface area contributed by atoms with Crippen LogP contribution in [0.1, 0.15) is 54.8 Å². The van der Waals surface area contributed by atoms with Gasteiger partial charge in [0.2, 0.25) is 0 Å². The van der Waals surface area contributed by atoms with Crippen LogP contribution >= 0.6 is 0 Å². The summed E-state index contributed by atoms with van der Waals surface area (Å²) in [6, 6.07) is 24.0. The molecule has 3 atom stereocenters. The van der Waals surface area contributed by atoms with E-state index in [1.807, 2.05) is 12.1 Å². The average Bonchev–Trinajstić information content (AvgIpc) is 3.16. The van der Waals surface area contributed by atoms with Gasteiger partial charge in [-0.25, -0.2) is 0 Å². The Labute approximate surface area is 166 Å². The van der Waals surface area contributed by atoms with Crippen LogP contribution in [0.25, 0.3) is 10.8 Å². The molecule has 2 N–H and O–H groups in total. The molecule has 0 bridgehead atoms. The zero-order valence-electron chi connectivity index (χ0n) is 16.3. The fourth-order valence-corrected chi connectivity index (χ4v) is 4.64. The topological polar surface area (TPSA) is 49.3 Å². The van der Waals surface area contributed by atoms with E-state index >= 15 is 0 Å². The Morgan fingerprint density at radius 1 is 1.07 bits per heavy atom. The number of hydrogen-bond donors (Lipinski definition) is 2. The first-order chi connectivity index (χ1) is 13.6. The summed E-state index contributed by atoms with van der Waals surface area (Å²) in [7, 11) is 0. The van der Waals surface area contributed by atoms with Gasteiger partial charge in [-0.15, -0.1) is 0 Å². The van der Waals surface area contributed by atoms with E-state index < -0.39 is 5.97 Å². The molecule has 0 aromatic heterocycles. The highest BCUT2D eigenvalue weighted by molar-refractivity contribution is 5.86. The van der Waals surface area contributed by atoms with Crippen LogP contribution in [0, 0.1) is 0 Å². The lowest BCUT2D eigenvalue weighted by Gasteiger charge is -2.21. The van der Waals surface area contributed by atoms with Crippen LogP contribution in [0.4, 0.5) is 0 Å². The third-order valence-electron chi connectivity index (χ3n) is 5.99. The predicted octanol–water partition coefficient (Wildman–Crippen LogP) is 5.45. The molecule has 0 saturated heterocycles. The fourth-order valence-electron chi connectivity index (χ4n) is 4.64. The Bertz CT molecular complexity index is 976. The zero-order chi connectivity index (χ0) is 19.5. The molecule has 0 amide bonds. The Kier molecular flexibility index (Phi) is 5.45. The zero-order valence-corrected chi connectivity index (χ0v) is 16.3. The molecule has 1 saturated carbocycles. The standard InChI is InChI=1S/C25H27NO2/c1-17(23-11-5-8-19-7-2-3-10-24(19)23)26-22-13-12-21(16-22)20-9-4-6-18(14-20)15-25(27)28/h2-11,14,17,21-22,26H,12-13,15-16H2,1H3,(H,27,28)/t17-,21-,22+/m1/s1. The van der Waals surface area contributed by atoms with Crippen molar-refractivity contribution in [3.05, 3.63) is 83.4 Å². The summed E-state index contributed by atoms with van der Waals surface area (Å²) in [5.74, 6) is -0.266. The minimum Gasteiger partial charge on any atom is -0.481 e. The number of carbonyl (C=O) groups is 1. The molecular formula is C25H27NO2. The van der Waals surface area contributed by atoms with Crippen molar-refractivity contribution in [1.29, 1.82) is 0 Å². The smallest absolute Gasteiger partial charge is 0.307 e. The van der Waals surface area contributed by atoms with Crippen molar-refractivity contribution in [2.45, 2.75) is 50.6 Å². The summed E-state index contributed by atoms with van der Waals surface area (Å²) in [5.41, 5.74) is 3.52. The summed E-state index contributed by atoms with van der Waals surface area (Å²) in [6.45, 7) is 2.25. The Morgan fingerprint density at radius 2 is 1.86 bits per heavy atom. The predicted molar refractivity (Wildman–Crippen MR) is 114 cm³/mol. The van der Waals surface area contributed by atoms with Crippen LogP contribution in [-0.4, -0.2) is 17.1 Å². The first kappa shape index (κ1) is 18.7. The van der Waals surface area contributed by atoms with Gasteiger partial charge in [0.05, 0.1) is 6.42 Å². The number of carboxylic acids is 1. The highest BCUT2D eigenvalue weighted by atomic mass is 16.4. The summed E-state index contributed by atoms with van der Waals surface area (Å²) in [5, 5.41) is 15.5. The fraction of sp³-hybridized carbons (Fsp3) is 0.320. The molecule has 3 heteroatoms. The Balaban J connectivity index is 1.44. The number of aliphatic carboxylic acids is 1. The lowest BCUT2D eigenvalue weighted by atomic mass is 9.94. The van der Waals surface area contributed by atoms with E-state index in [4.69, 9.17) is 5.11 Å². The molecule has 3 aromatic carbocycles. The second-order valence-corrected chi connectivity index (χ2v) is 7.98. The lowest BCUT2D eigenvalue weighted by molar-refractivity contribution is -0.136. The quantitative estimate of drug-likeness (QED) is 0.604. The lowest BCUT2D eigenvalue weighted by Crippen LogP contribution is -2.29. The molecule has 0 heterocycles. The molecule has 0 aliphatic heterocycles.